The number of nitrogens with zero attached hydrogens (tertiary/aromatic N) is 5. The van der Waals surface area contributed by atoms with Crippen molar-refractivity contribution < 1.29 is 14.0 Å². The molecule has 2 aliphatic rings. The normalized spacial score (nSPS) is 17.0. The number of amides is 2. The summed E-state index contributed by atoms with van der Waals surface area (Å²) < 4.78 is 17.7. The van der Waals surface area contributed by atoms with Gasteiger partial charge < -0.3 is 10.6 Å². The molecule has 5 rings (SSSR count). The van der Waals surface area contributed by atoms with Gasteiger partial charge in [-0.05, 0) is 76.3 Å². The summed E-state index contributed by atoms with van der Waals surface area (Å²) in [5.41, 5.74) is -0.0317. The molecule has 0 spiro atoms. The highest BCUT2D eigenvalue weighted by Crippen LogP contribution is 2.51. The first-order valence-corrected chi connectivity index (χ1v) is 13.2. The summed E-state index contributed by atoms with van der Waals surface area (Å²) in [7, 11) is 0. The van der Waals surface area contributed by atoms with Crippen LogP contribution in [-0.2, 0) is 4.79 Å². The van der Waals surface area contributed by atoms with Crippen LogP contribution in [0.3, 0.4) is 0 Å². The standard InChI is InChI=1S/C25H30ClFN8O3/c1-12(2)35-18(8-9-28-35)24(37)30-21(20(14-4-5-14)15-6-7-15)25(38)29-17-11-34(33-22(17)27)13(3)16-10-19(26)31-32-23(16)36/h8-15,20-21H,4-7H2,1-3H3,(H,29,38)(H,30,37)(H,32,36)/t13?,21-/m0/s1. The van der Waals surface area contributed by atoms with E-state index in [9.17, 15) is 18.8 Å². The van der Waals surface area contributed by atoms with Crippen LogP contribution < -0.4 is 16.2 Å². The maximum absolute atomic E-state index is 14.9. The fourth-order valence-electron chi connectivity index (χ4n) is 5.06. The van der Waals surface area contributed by atoms with Crippen LogP contribution in [-0.4, -0.2) is 47.6 Å². The second-order valence-electron chi connectivity index (χ2n) is 10.4. The molecule has 2 aliphatic carbocycles. The number of hydrogen-bond acceptors (Lipinski definition) is 6. The molecule has 2 amide bonds. The fourth-order valence-corrected chi connectivity index (χ4v) is 5.22. The van der Waals surface area contributed by atoms with Crippen molar-refractivity contribution in [1.82, 2.24) is 35.1 Å². The third-order valence-corrected chi connectivity index (χ3v) is 7.47. The molecule has 202 valence electrons. The molecule has 2 saturated carbocycles. The Labute approximate surface area is 223 Å². The van der Waals surface area contributed by atoms with Crippen molar-refractivity contribution in [2.45, 2.75) is 64.6 Å². The highest BCUT2D eigenvalue weighted by molar-refractivity contribution is 6.29. The van der Waals surface area contributed by atoms with Crippen molar-refractivity contribution in [3.05, 3.63) is 57.2 Å². The van der Waals surface area contributed by atoms with Crippen LogP contribution in [0.5, 0.6) is 0 Å². The third kappa shape index (κ3) is 5.35. The monoisotopic (exact) mass is 544 g/mol. The first-order chi connectivity index (χ1) is 18.1. The Hall–Kier alpha value is -3.54. The molecule has 1 unspecified atom stereocenters. The number of hydrogen-bond donors (Lipinski definition) is 3. The van der Waals surface area contributed by atoms with E-state index in [0.29, 0.717) is 17.5 Å². The minimum atomic E-state index is -0.904. The third-order valence-electron chi connectivity index (χ3n) is 7.27. The Morgan fingerprint density at radius 2 is 1.87 bits per heavy atom. The first-order valence-electron chi connectivity index (χ1n) is 12.8. The van der Waals surface area contributed by atoms with E-state index in [1.165, 1.54) is 16.9 Å². The molecule has 0 radical (unpaired) electrons. The predicted molar refractivity (Wildman–Crippen MR) is 137 cm³/mol. The van der Waals surface area contributed by atoms with Crippen molar-refractivity contribution in [2.24, 2.45) is 17.8 Å². The summed E-state index contributed by atoms with van der Waals surface area (Å²) in [6, 6.07) is 1.43. The van der Waals surface area contributed by atoms with Crippen molar-refractivity contribution in [3.63, 3.8) is 0 Å². The Bertz CT molecular complexity index is 1400. The van der Waals surface area contributed by atoms with E-state index in [1.54, 1.807) is 23.9 Å². The summed E-state index contributed by atoms with van der Waals surface area (Å²) in [6.45, 7) is 5.48. The average molecular weight is 545 g/mol. The zero-order chi connectivity index (χ0) is 27.1. The van der Waals surface area contributed by atoms with Gasteiger partial charge in [-0.25, -0.2) is 5.10 Å². The van der Waals surface area contributed by atoms with Crippen LogP contribution >= 0.6 is 11.6 Å². The molecule has 0 aromatic carbocycles. The number of anilines is 1. The van der Waals surface area contributed by atoms with Gasteiger partial charge in [-0.15, -0.1) is 5.10 Å². The van der Waals surface area contributed by atoms with Gasteiger partial charge in [0.1, 0.15) is 22.6 Å². The summed E-state index contributed by atoms with van der Waals surface area (Å²) in [6.07, 6.45) is 6.86. The number of carbonyl (C=O) groups is 2. The minimum Gasteiger partial charge on any atom is -0.339 e. The van der Waals surface area contributed by atoms with Crippen LogP contribution in [0.2, 0.25) is 5.15 Å². The number of aromatic nitrogens is 6. The Kier molecular flexibility index (Phi) is 7.08. The maximum Gasteiger partial charge on any atom is 0.270 e. The molecular formula is C25H30ClFN8O3. The summed E-state index contributed by atoms with van der Waals surface area (Å²) in [4.78, 5) is 39.1. The SMILES string of the molecule is CC(c1cc(Cl)n[nH]c1=O)n1cc(NC(=O)[C@@H](NC(=O)c2ccnn2C(C)C)C(C2CC2)C2CC2)c(F)n1. The lowest BCUT2D eigenvalue weighted by Crippen LogP contribution is -2.50. The molecule has 38 heavy (non-hydrogen) atoms. The van der Waals surface area contributed by atoms with E-state index in [0.717, 1.165) is 25.7 Å². The zero-order valence-electron chi connectivity index (χ0n) is 21.3. The quantitative estimate of drug-likeness (QED) is 0.358. The minimum absolute atomic E-state index is 0.0369. The van der Waals surface area contributed by atoms with Crippen LogP contribution in [0.4, 0.5) is 10.1 Å². The van der Waals surface area contributed by atoms with Gasteiger partial charge in [-0.3, -0.25) is 23.7 Å². The van der Waals surface area contributed by atoms with Crippen LogP contribution in [0.15, 0.2) is 29.3 Å². The van der Waals surface area contributed by atoms with Gasteiger partial charge in [0.25, 0.3) is 17.4 Å². The first kappa shape index (κ1) is 26.1. The second-order valence-corrected chi connectivity index (χ2v) is 10.8. The van der Waals surface area contributed by atoms with Crippen LogP contribution in [0.1, 0.15) is 74.6 Å². The summed E-state index contributed by atoms with van der Waals surface area (Å²) in [5, 5.41) is 19.7. The Balaban J connectivity index is 1.39. The molecule has 2 fully saturated rings. The summed E-state index contributed by atoms with van der Waals surface area (Å²) >= 11 is 5.90. The number of rotatable bonds is 10. The van der Waals surface area contributed by atoms with Crippen molar-refractivity contribution in [3.8, 4) is 0 Å². The Morgan fingerprint density at radius 3 is 2.50 bits per heavy atom. The van der Waals surface area contributed by atoms with E-state index in [2.05, 4.69) is 31.0 Å². The molecule has 3 N–H and O–H groups in total. The van der Waals surface area contributed by atoms with E-state index >= 15 is 0 Å². The van der Waals surface area contributed by atoms with Gasteiger partial charge in [-0.1, -0.05) is 11.6 Å². The lowest BCUT2D eigenvalue weighted by Gasteiger charge is -2.27. The van der Waals surface area contributed by atoms with Crippen molar-refractivity contribution in [2.75, 3.05) is 5.32 Å². The predicted octanol–water partition coefficient (Wildman–Crippen LogP) is 3.32. The zero-order valence-corrected chi connectivity index (χ0v) is 22.1. The van der Waals surface area contributed by atoms with E-state index in [-0.39, 0.29) is 28.4 Å². The maximum atomic E-state index is 14.9. The van der Waals surface area contributed by atoms with E-state index in [4.69, 9.17) is 11.6 Å². The highest BCUT2D eigenvalue weighted by atomic mass is 35.5. The van der Waals surface area contributed by atoms with Gasteiger partial charge in [0, 0.05) is 17.8 Å². The topological polar surface area (TPSA) is 140 Å². The Morgan fingerprint density at radius 1 is 1.18 bits per heavy atom. The highest BCUT2D eigenvalue weighted by Gasteiger charge is 2.48. The molecule has 0 aliphatic heterocycles. The molecule has 2 atom stereocenters. The van der Waals surface area contributed by atoms with Crippen molar-refractivity contribution in [1.29, 1.82) is 0 Å². The summed E-state index contributed by atoms with van der Waals surface area (Å²) in [5.74, 6) is -1.17. The van der Waals surface area contributed by atoms with E-state index in [1.807, 2.05) is 13.8 Å². The molecule has 13 heteroatoms. The number of halogens is 2. The number of nitrogens with one attached hydrogen (secondary N) is 3. The van der Waals surface area contributed by atoms with E-state index < -0.39 is 35.4 Å². The molecule has 3 aromatic heterocycles. The van der Waals surface area contributed by atoms with Crippen LogP contribution in [0, 0.1) is 23.7 Å². The molecule has 3 heterocycles. The number of H-pyrrole nitrogens is 1. The second kappa shape index (κ2) is 10.3. The van der Waals surface area contributed by atoms with Crippen LogP contribution in [0.25, 0.3) is 0 Å². The van der Waals surface area contributed by atoms with Gasteiger partial charge in [-0.2, -0.15) is 14.6 Å². The molecule has 11 nitrogen and oxygen atoms in total. The lowest BCUT2D eigenvalue weighted by molar-refractivity contribution is -0.119. The smallest absolute Gasteiger partial charge is 0.270 e. The average Bonchev–Trinajstić information content (AvgIpc) is 3.81. The largest absolute Gasteiger partial charge is 0.339 e. The molecular weight excluding hydrogens is 515 g/mol. The van der Waals surface area contributed by atoms with Crippen molar-refractivity contribution >= 4 is 29.1 Å². The lowest BCUT2D eigenvalue weighted by atomic mass is 9.88. The van der Waals surface area contributed by atoms with Gasteiger partial charge in [0.05, 0.1) is 12.2 Å². The van der Waals surface area contributed by atoms with Gasteiger partial charge >= 0.3 is 0 Å². The van der Waals surface area contributed by atoms with Gasteiger partial charge in [0.15, 0.2) is 0 Å². The molecule has 3 aromatic rings. The molecule has 0 saturated heterocycles. The number of carbonyl (C=O) groups excluding carboxylic acids is 2. The fraction of sp³-hybridized carbons (Fsp3) is 0.520. The van der Waals surface area contributed by atoms with Gasteiger partial charge in [0.2, 0.25) is 5.91 Å². The number of aromatic amines is 1. The molecule has 0 bridgehead atoms.